The van der Waals surface area contributed by atoms with Crippen LogP contribution in [0.5, 0.6) is 5.88 Å². The number of hydrogen-bond donors (Lipinski definition) is 0. The molecule has 0 N–H and O–H groups in total. The summed E-state index contributed by atoms with van der Waals surface area (Å²) in [6, 6.07) is 1.98. The normalized spacial score (nSPS) is 12.5. The minimum Gasteiger partial charge on any atom is -0.386 e. The average molecular weight is 262 g/mol. The van der Waals surface area contributed by atoms with Crippen LogP contribution in [0.15, 0.2) is 23.2 Å². The highest BCUT2D eigenvalue weighted by Gasteiger charge is 2.34. The van der Waals surface area contributed by atoms with Crippen molar-refractivity contribution in [2.75, 3.05) is 0 Å². The Morgan fingerprint density at radius 1 is 1.40 bits per heavy atom. The van der Waals surface area contributed by atoms with E-state index in [0.717, 1.165) is 18.3 Å². The van der Waals surface area contributed by atoms with Gasteiger partial charge in [-0.1, -0.05) is 0 Å². The Kier molecular flexibility index (Phi) is 3.10. The summed E-state index contributed by atoms with van der Waals surface area (Å²) in [5, 5.41) is 0. The fourth-order valence-corrected chi connectivity index (χ4v) is 1.64. The van der Waals surface area contributed by atoms with Gasteiger partial charge in [-0.15, -0.1) is 13.2 Å². The second-order valence-electron chi connectivity index (χ2n) is 2.29. The van der Waals surface area contributed by atoms with Crippen LogP contribution in [0, 0.1) is 0 Å². The van der Waals surface area contributed by atoms with E-state index < -0.39 is 26.2 Å². The second-order valence-corrected chi connectivity index (χ2v) is 4.83. The van der Waals surface area contributed by atoms with E-state index in [-0.39, 0.29) is 0 Å². The number of pyridine rings is 1. The fraction of sp³-hybridized carbons (Fsp3) is 0.167. The molecule has 1 aromatic heterocycles. The monoisotopic (exact) mass is 261 g/mol. The van der Waals surface area contributed by atoms with Gasteiger partial charge in [0.1, 0.15) is 4.90 Å². The molecule has 0 atom stereocenters. The molecule has 9 heteroatoms. The molecule has 0 bridgehead atoms. The zero-order chi connectivity index (χ0) is 11.7. The van der Waals surface area contributed by atoms with Gasteiger partial charge in [-0.25, -0.2) is 13.4 Å². The Morgan fingerprint density at radius 2 is 2.00 bits per heavy atom. The van der Waals surface area contributed by atoms with Crippen LogP contribution in [-0.4, -0.2) is 19.8 Å². The molecule has 0 aliphatic carbocycles. The molecule has 0 unspecified atom stereocenters. The Labute approximate surface area is 87.1 Å². The smallest absolute Gasteiger partial charge is 0.386 e. The van der Waals surface area contributed by atoms with Crippen LogP contribution in [0.1, 0.15) is 0 Å². The number of nitrogens with zero attached hydrogens (tertiary/aromatic N) is 1. The second kappa shape index (κ2) is 3.86. The third kappa shape index (κ3) is 3.56. The standard InChI is InChI=1S/C6H3ClF3NO3S/c7-15(12,13)4-2-1-3-11-5(4)14-6(8,9)10/h1-3H. The molecule has 1 aromatic rings. The van der Waals surface area contributed by atoms with Gasteiger partial charge in [0.05, 0.1) is 0 Å². The number of hydrogen-bond acceptors (Lipinski definition) is 4. The van der Waals surface area contributed by atoms with Crippen molar-refractivity contribution < 1.29 is 26.3 Å². The Morgan fingerprint density at radius 3 is 2.47 bits per heavy atom. The maximum absolute atomic E-state index is 11.8. The van der Waals surface area contributed by atoms with Crippen LogP contribution in [0.4, 0.5) is 13.2 Å². The lowest BCUT2D eigenvalue weighted by molar-refractivity contribution is -0.277. The fourth-order valence-electron chi connectivity index (χ4n) is 0.748. The lowest BCUT2D eigenvalue weighted by Crippen LogP contribution is -2.19. The number of alkyl halides is 3. The lowest BCUT2D eigenvalue weighted by Gasteiger charge is -2.09. The molecule has 0 fully saturated rings. The van der Waals surface area contributed by atoms with E-state index in [9.17, 15) is 21.6 Å². The molecular formula is C6H3ClF3NO3S. The van der Waals surface area contributed by atoms with Crippen molar-refractivity contribution in [3.63, 3.8) is 0 Å². The van der Waals surface area contributed by atoms with Gasteiger partial charge < -0.3 is 4.74 Å². The molecule has 0 amide bonds. The highest BCUT2D eigenvalue weighted by Crippen LogP contribution is 2.28. The van der Waals surface area contributed by atoms with Gasteiger partial charge in [0.15, 0.2) is 0 Å². The Bertz CT molecular complexity index is 459. The molecule has 1 heterocycles. The largest absolute Gasteiger partial charge is 0.574 e. The number of halogens is 4. The quantitative estimate of drug-likeness (QED) is 0.763. The van der Waals surface area contributed by atoms with E-state index in [4.69, 9.17) is 10.7 Å². The minimum atomic E-state index is -5.02. The van der Waals surface area contributed by atoms with E-state index >= 15 is 0 Å². The predicted octanol–water partition coefficient (Wildman–Crippen LogP) is 1.91. The van der Waals surface area contributed by atoms with E-state index in [0.29, 0.717) is 0 Å². The van der Waals surface area contributed by atoms with Crippen LogP contribution >= 0.6 is 10.7 Å². The van der Waals surface area contributed by atoms with Gasteiger partial charge in [-0.05, 0) is 12.1 Å². The number of ether oxygens (including phenoxy) is 1. The summed E-state index contributed by atoms with van der Waals surface area (Å²) < 4.78 is 60.4. The van der Waals surface area contributed by atoms with Crippen LogP contribution in [-0.2, 0) is 9.05 Å². The predicted molar refractivity (Wildman–Crippen MR) is 44.0 cm³/mol. The summed E-state index contributed by atoms with van der Waals surface area (Å²) in [5.41, 5.74) is 0. The first-order valence-electron chi connectivity index (χ1n) is 3.35. The molecule has 0 aliphatic rings. The lowest BCUT2D eigenvalue weighted by atomic mass is 10.5. The van der Waals surface area contributed by atoms with Crippen molar-refractivity contribution >= 4 is 19.7 Å². The van der Waals surface area contributed by atoms with Gasteiger partial charge in [0.2, 0.25) is 5.88 Å². The molecule has 15 heavy (non-hydrogen) atoms. The van der Waals surface area contributed by atoms with Crippen molar-refractivity contribution in [2.24, 2.45) is 0 Å². The molecule has 0 saturated heterocycles. The molecule has 0 spiro atoms. The van der Waals surface area contributed by atoms with E-state index in [2.05, 4.69) is 9.72 Å². The highest BCUT2D eigenvalue weighted by atomic mass is 35.7. The van der Waals surface area contributed by atoms with E-state index in [1.54, 1.807) is 0 Å². The maximum Gasteiger partial charge on any atom is 0.574 e. The van der Waals surface area contributed by atoms with Crippen LogP contribution in [0.2, 0.25) is 0 Å². The van der Waals surface area contributed by atoms with Crippen LogP contribution < -0.4 is 4.74 Å². The Balaban J connectivity index is 3.20. The first kappa shape index (κ1) is 12.1. The molecule has 84 valence electrons. The summed E-state index contributed by atoms with van der Waals surface area (Å²) in [6.45, 7) is 0. The molecule has 4 nitrogen and oxygen atoms in total. The van der Waals surface area contributed by atoms with Crippen molar-refractivity contribution in [3.8, 4) is 5.88 Å². The SMILES string of the molecule is O=S(=O)(Cl)c1cccnc1OC(F)(F)F. The maximum atomic E-state index is 11.8. The van der Waals surface area contributed by atoms with Gasteiger partial charge in [0, 0.05) is 16.9 Å². The highest BCUT2D eigenvalue weighted by molar-refractivity contribution is 8.13. The average Bonchev–Trinajstić information content (AvgIpc) is 1.99. The first-order chi connectivity index (χ1) is 6.70. The van der Waals surface area contributed by atoms with Gasteiger partial charge >= 0.3 is 6.36 Å². The number of rotatable bonds is 2. The first-order valence-corrected chi connectivity index (χ1v) is 5.66. The van der Waals surface area contributed by atoms with Crippen LogP contribution in [0.25, 0.3) is 0 Å². The Hall–Kier alpha value is -1.02. The summed E-state index contributed by atoms with van der Waals surface area (Å²) in [5.74, 6) is -1.10. The molecule has 0 aliphatic heterocycles. The molecular weight excluding hydrogens is 259 g/mol. The number of aromatic nitrogens is 1. The third-order valence-electron chi connectivity index (χ3n) is 1.21. The third-order valence-corrected chi connectivity index (χ3v) is 2.55. The molecule has 1 rings (SSSR count). The molecule has 0 radical (unpaired) electrons. The van der Waals surface area contributed by atoms with Crippen molar-refractivity contribution in [1.29, 1.82) is 0 Å². The minimum absolute atomic E-state index is 0.830. The van der Waals surface area contributed by atoms with Gasteiger partial charge in [-0.2, -0.15) is 0 Å². The van der Waals surface area contributed by atoms with Gasteiger partial charge in [0.25, 0.3) is 9.05 Å². The summed E-state index contributed by atoms with van der Waals surface area (Å²) in [4.78, 5) is 2.30. The van der Waals surface area contributed by atoms with Crippen molar-refractivity contribution in [1.82, 2.24) is 4.98 Å². The van der Waals surface area contributed by atoms with E-state index in [1.165, 1.54) is 0 Å². The topological polar surface area (TPSA) is 56.3 Å². The molecule has 0 saturated carbocycles. The van der Waals surface area contributed by atoms with E-state index in [1.807, 2.05) is 0 Å². The van der Waals surface area contributed by atoms with Crippen molar-refractivity contribution in [3.05, 3.63) is 18.3 Å². The zero-order valence-corrected chi connectivity index (χ0v) is 8.40. The summed E-state index contributed by atoms with van der Waals surface area (Å²) >= 11 is 0. The summed E-state index contributed by atoms with van der Waals surface area (Å²) in [6.07, 6.45) is -4.07. The van der Waals surface area contributed by atoms with Crippen LogP contribution in [0.3, 0.4) is 0 Å². The molecule has 0 aromatic carbocycles. The van der Waals surface area contributed by atoms with Gasteiger partial charge in [-0.3, -0.25) is 0 Å². The van der Waals surface area contributed by atoms with Crippen molar-refractivity contribution in [2.45, 2.75) is 11.3 Å². The summed E-state index contributed by atoms with van der Waals surface area (Å²) in [7, 11) is 0.556. The zero-order valence-electron chi connectivity index (χ0n) is 6.82.